The van der Waals surface area contributed by atoms with E-state index in [-0.39, 0.29) is 10.8 Å². The Morgan fingerprint density at radius 2 is 1.70 bits per heavy atom. The molecule has 0 saturated carbocycles. The average Bonchev–Trinajstić information content (AvgIpc) is 2.52. The molecular formula is C23H26. The lowest BCUT2D eigenvalue weighted by atomic mass is 9.55. The number of rotatable bonds is 0. The first-order valence-electron chi connectivity index (χ1n) is 8.77. The molecule has 0 N–H and O–H groups in total. The van der Waals surface area contributed by atoms with Gasteiger partial charge in [-0.1, -0.05) is 83.2 Å². The normalized spacial score (nSPS) is 24.5. The highest BCUT2D eigenvalue weighted by atomic mass is 14.5. The van der Waals surface area contributed by atoms with Gasteiger partial charge in [0.15, 0.2) is 0 Å². The van der Waals surface area contributed by atoms with Crippen molar-refractivity contribution in [3.8, 4) is 0 Å². The van der Waals surface area contributed by atoms with Gasteiger partial charge in [0.1, 0.15) is 0 Å². The Bertz CT molecular complexity index is 859. The third-order valence-electron chi connectivity index (χ3n) is 6.54. The highest BCUT2D eigenvalue weighted by Gasteiger charge is 2.45. The van der Waals surface area contributed by atoms with Crippen LogP contribution in [-0.4, -0.2) is 0 Å². The molecule has 1 atom stereocenters. The molecule has 1 unspecified atom stereocenters. The van der Waals surface area contributed by atoms with Gasteiger partial charge in [0.2, 0.25) is 0 Å². The zero-order valence-electron chi connectivity index (χ0n) is 14.9. The van der Waals surface area contributed by atoms with Gasteiger partial charge in [-0.25, -0.2) is 0 Å². The fourth-order valence-electron chi connectivity index (χ4n) is 4.69. The summed E-state index contributed by atoms with van der Waals surface area (Å²) in [5.41, 5.74) is 6.42. The molecule has 2 aromatic carbocycles. The van der Waals surface area contributed by atoms with Crippen molar-refractivity contribution in [3.05, 3.63) is 65.3 Å². The number of allylic oxidation sites excluding steroid dienone is 4. The van der Waals surface area contributed by atoms with Gasteiger partial charge in [-0.05, 0) is 56.2 Å². The van der Waals surface area contributed by atoms with Crippen LogP contribution in [-0.2, 0) is 6.42 Å². The predicted octanol–water partition coefficient (Wildman–Crippen LogP) is 6.41. The quantitative estimate of drug-likeness (QED) is 0.527. The van der Waals surface area contributed by atoms with E-state index >= 15 is 0 Å². The van der Waals surface area contributed by atoms with Crippen molar-refractivity contribution < 1.29 is 0 Å². The predicted molar refractivity (Wildman–Crippen MR) is 100 cm³/mol. The summed E-state index contributed by atoms with van der Waals surface area (Å²) in [4.78, 5) is 0. The third kappa shape index (κ3) is 1.97. The third-order valence-corrected chi connectivity index (χ3v) is 6.54. The maximum Gasteiger partial charge on any atom is -0.00669 e. The van der Waals surface area contributed by atoms with Crippen LogP contribution >= 0.6 is 0 Å². The van der Waals surface area contributed by atoms with Crippen LogP contribution in [0.15, 0.2) is 54.1 Å². The van der Waals surface area contributed by atoms with Crippen molar-refractivity contribution in [2.45, 2.75) is 41.0 Å². The standard InChI is InChI=1S/C23H26/c1-15-22(2,3)14-20-19-11-10-16-8-6-7-9-17(16)18(19)12-13-21(20)23(15,4)5/h6-11,13-15H,12H2,1-5H3. The number of fused-ring (bicyclic) bond motifs is 5. The average molecular weight is 302 g/mol. The molecule has 0 aliphatic heterocycles. The highest BCUT2D eigenvalue weighted by molar-refractivity contribution is 5.95. The molecule has 0 bridgehead atoms. The first-order chi connectivity index (χ1) is 10.8. The van der Waals surface area contributed by atoms with Gasteiger partial charge in [-0.15, -0.1) is 0 Å². The lowest BCUT2D eigenvalue weighted by Gasteiger charge is -2.49. The topological polar surface area (TPSA) is 0 Å². The van der Waals surface area contributed by atoms with Gasteiger partial charge >= 0.3 is 0 Å². The van der Waals surface area contributed by atoms with E-state index in [1.807, 2.05) is 0 Å². The van der Waals surface area contributed by atoms with Gasteiger partial charge in [-0.2, -0.15) is 0 Å². The molecule has 2 aliphatic rings. The minimum atomic E-state index is 0.219. The van der Waals surface area contributed by atoms with Crippen LogP contribution in [0.4, 0.5) is 0 Å². The minimum Gasteiger partial charge on any atom is -0.0757 e. The molecule has 0 amide bonds. The zero-order chi connectivity index (χ0) is 16.4. The molecule has 0 aromatic heterocycles. The fourth-order valence-corrected chi connectivity index (χ4v) is 4.69. The van der Waals surface area contributed by atoms with E-state index < -0.39 is 0 Å². The van der Waals surface area contributed by atoms with Crippen molar-refractivity contribution in [2.24, 2.45) is 16.7 Å². The van der Waals surface area contributed by atoms with E-state index in [2.05, 4.69) is 83.2 Å². The molecule has 118 valence electrons. The fraction of sp³-hybridized carbons (Fsp3) is 0.391. The lowest BCUT2D eigenvalue weighted by molar-refractivity contribution is 0.156. The van der Waals surface area contributed by atoms with Crippen molar-refractivity contribution in [2.75, 3.05) is 0 Å². The van der Waals surface area contributed by atoms with Crippen LogP contribution in [0.2, 0.25) is 0 Å². The Balaban J connectivity index is 2.01. The van der Waals surface area contributed by atoms with Gasteiger partial charge in [0, 0.05) is 0 Å². The lowest BCUT2D eigenvalue weighted by Crippen LogP contribution is -2.39. The summed E-state index contributed by atoms with van der Waals surface area (Å²) in [5.74, 6) is 0.631. The Morgan fingerprint density at radius 1 is 0.957 bits per heavy atom. The second-order valence-electron chi connectivity index (χ2n) is 8.46. The molecule has 23 heavy (non-hydrogen) atoms. The molecule has 0 heteroatoms. The van der Waals surface area contributed by atoms with Gasteiger partial charge in [0.25, 0.3) is 0 Å². The number of hydrogen-bond acceptors (Lipinski definition) is 0. The molecule has 0 radical (unpaired) electrons. The van der Waals surface area contributed by atoms with E-state index in [4.69, 9.17) is 0 Å². The summed E-state index contributed by atoms with van der Waals surface area (Å²) in [5, 5.41) is 2.77. The van der Waals surface area contributed by atoms with E-state index in [1.165, 1.54) is 27.5 Å². The second kappa shape index (κ2) is 4.60. The second-order valence-corrected chi connectivity index (χ2v) is 8.46. The van der Waals surface area contributed by atoms with Crippen LogP contribution in [0.1, 0.15) is 45.7 Å². The Kier molecular flexibility index (Phi) is 2.95. The zero-order valence-corrected chi connectivity index (χ0v) is 14.9. The summed E-state index contributed by atoms with van der Waals surface area (Å²) >= 11 is 0. The van der Waals surface area contributed by atoms with Crippen molar-refractivity contribution >= 4 is 16.3 Å². The Morgan fingerprint density at radius 3 is 2.48 bits per heavy atom. The van der Waals surface area contributed by atoms with Crippen LogP contribution in [0, 0.1) is 16.7 Å². The van der Waals surface area contributed by atoms with E-state index in [0.29, 0.717) is 5.92 Å². The first-order valence-corrected chi connectivity index (χ1v) is 8.77. The monoisotopic (exact) mass is 302 g/mol. The van der Waals surface area contributed by atoms with Crippen molar-refractivity contribution in [3.63, 3.8) is 0 Å². The van der Waals surface area contributed by atoms with Gasteiger partial charge < -0.3 is 0 Å². The largest absolute Gasteiger partial charge is 0.0757 e. The number of benzene rings is 2. The summed E-state index contributed by atoms with van der Waals surface area (Å²) in [6.45, 7) is 12.0. The molecule has 4 rings (SSSR count). The molecule has 0 saturated heterocycles. The molecule has 0 spiro atoms. The molecule has 2 aromatic rings. The van der Waals surface area contributed by atoms with Crippen molar-refractivity contribution in [1.82, 2.24) is 0 Å². The molecule has 0 fully saturated rings. The van der Waals surface area contributed by atoms with Crippen molar-refractivity contribution in [1.29, 1.82) is 0 Å². The highest BCUT2D eigenvalue weighted by Crippen LogP contribution is 2.56. The molecule has 2 aliphatic carbocycles. The summed E-state index contributed by atoms with van der Waals surface area (Å²) < 4.78 is 0. The molecule has 0 heterocycles. The summed E-state index contributed by atoms with van der Waals surface area (Å²) in [7, 11) is 0. The summed E-state index contributed by atoms with van der Waals surface area (Å²) in [6, 6.07) is 13.4. The van der Waals surface area contributed by atoms with E-state index in [0.717, 1.165) is 6.42 Å². The van der Waals surface area contributed by atoms with Crippen LogP contribution in [0.5, 0.6) is 0 Å². The van der Waals surface area contributed by atoms with E-state index in [9.17, 15) is 0 Å². The molecular weight excluding hydrogens is 276 g/mol. The van der Waals surface area contributed by atoms with Crippen LogP contribution in [0.3, 0.4) is 0 Å². The Hall–Kier alpha value is -1.82. The number of hydrogen-bond donors (Lipinski definition) is 0. The van der Waals surface area contributed by atoms with Gasteiger partial charge in [-0.3, -0.25) is 0 Å². The molecule has 0 nitrogen and oxygen atoms in total. The Labute approximate surface area is 139 Å². The smallest absolute Gasteiger partial charge is 0.00669 e. The first kappa shape index (κ1) is 14.8. The maximum atomic E-state index is 2.53. The van der Waals surface area contributed by atoms with Crippen LogP contribution < -0.4 is 0 Å². The van der Waals surface area contributed by atoms with E-state index in [1.54, 1.807) is 5.57 Å². The van der Waals surface area contributed by atoms with Gasteiger partial charge in [0.05, 0.1) is 0 Å². The maximum absolute atomic E-state index is 2.53. The van der Waals surface area contributed by atoms with Crippen LogP contribution in [0.25, 0.3) is 16.3 Å². The summed E-state index contributed by atoms with van der Waals surface area (Å²) in [6.07, 6.45) is 6.08. The SMILES string of the molecule is CC1C(C)(C)C=C2C(=CCc3c2ccc2ccccc32)C1(C)C. The minimum absolute atomic E-state index is 0.219.